The number of nitrogens with one attached hydrogen (secondary N) is 1. The molecule has 0 amide bonds. The first-order valence-corrected chi connectivity index (χ1v) is 8.02. The summed E-state index contributed by atoms with van der Waals surface area (Å²) in [6.07, 6.45) is 2.33. The van der Waals surface area contributed by atoms with E-state index in [1.807, 2.05) is 11.7 Å². The van der Waals surface area contributed by atoms with Crippen LogP contribution in [0.1, 0.15) is 54.6 Å². The number of ether oxygens (including phenoxy) is 1. The van der Waals surface area contributed by atoms with Crippen LogP contribution in [0.25, 0.3) is 0 Å². The molecule has 118 valence electrons. The van der Waals surface area contributed by atoms with Crippen LogP contribution < -0.4 is 10.1 Å². The number of hydrogen-bond donors (Lipinski definition) is 1. The average molecular weight is 299 g/mol. The molecular weight excluding hydrogens is 274 g/mol. The molecule has 1 atom stereocenters. The zero-order chi connectivity index (χ0) is 15.7. The van der Waals surface area contributed by atoms with Crippen LogP contribution >= 0.6 is 0 Å². The second-order valence-corrected chi connectivity index (χ2v) is 6.32. The van der Waals surface area contributed by atoms with Crippen LogP contribution in [0.15, 0.2) is 24.3 Å². The average Bonchev–Trinajstić information content (AvgIpc) is 3.06. The van der Waals surface area contributed by atoms with E-state index in [1.54, 1.807) is 7.11 Å². The quantitative estimate of drug-likeness (QED) is 0.920. The van der Waals surface area contributed by atoms with E-state index in [0.29, 0.717) is 12.0 Å². The van der Waals surface area contributed by atoms with Crippen molar-refractivity contribution in [2.24, 2.45) is 7.05 Å². The number of hydrogen-bond acceptors (Lipinski definition) is 3. The molecule has 2 aromatic rings. The molecule has 0 saturated carbocycles. The Morgan fingerprint density at radius 1 is 1.36 bits per heavy atom. The molecule has 1 aromatic heterocycles. The Balaban J connectivity index is 1.80. The zero-order valence-corrected chi connectivity index (χ0v) is 13.9. The van der Waals surface area contributed by atoms with E-state index in [9.17, 15) is 0 Å². The molecule has 0 bridgehead atoms. The lowest BCUT2D eigenvalue weighted by Gasteiger charge is -2.15. The van der Waals surface area contributed by atoms with Gasteiger partial charge in [-0.15, -0.1) is 0 Å². The highest BCUT2D eigenvalue weighted by atomic mass is 16.5. The molecule has 1 N–H and O–H groups in total. The van der Waals surface area contributed by atoms with Gasteiger partial charge in [0.1, 0.15) is 0 Å². The van der Waals surface area contributed by atoms with E-state index in [4.69, 9.17) is 4.74 Å². The van der Waals surface area contributed by atoms with Crippen LogP contribution in [-0.2, 0) is 20.0 Å². The molecule has 4 heteroatoms. The van der Waals surface area contributed by atoms with Crippen molar-refractivity contribution in [1.29, 1.82) is 0 Å². The summed E-state index contributed by atoms with van der Waals surface area (Å²) in [7, 11) is 3.66. The van der Waals surface area contributed by atoms with Crippen LogP contribution in [0.3, 0.4) is 0 Å². The molecular formula is C18H25N3O. The molecule has 1 aliphatic rings. The number of methoxy groups -OCH3 is 1. The number of rotatable bonds is 5. The lowest BCUT2D eigenvalue weighted by Crippen LogP contribution is -2.19. The number of aromatic nitrogens is 2. The smallest absolute Gasteiger partial charge is 0.216 e. The molecule has 1 heterocycles. The van der Waals surface area contributed by atoms with Gasteiger partial charge in [0.05, 0.1) is 18.4 Å². The minimum atomic E-state index is 0.391. The van der Waals surface area contributed by atoms with Gasteiger partial charge in [-0.05, 0) is 29.9 Å². The Labute approximate surface area is 132 Å². The molecule has 1 aromatic carbocycles. The van der Waals surface area contributed by atoms with Crippen LogP contribution in [0, 0.1) is 0 Å². The van der Waals surface area contributed by atoms with E-state index in [2.05, 4.69) is 48.5 Å². The second kappa shape index (κ2) is 6.13. The lowest BCUT2D eigenvalue weighted by atomic mass is 10.0. The van der Waals surface area contributed by atoms with Gasteiger partial charge in [-0.25, -0.2) is 4.68 Å². The normalized spacial score (nSPS) is 17.0. The Hall–Kier alpha value is -1.81. The zero-order valence-electron chi connectivity index (χ0n) is 13.9. The molecule has 0 radical (unpaired) electrons. The fraction of sp³-hybridized carbons (Fsp3) is 0.500. The van der Waals surface area contributed by atoms with Crippen molar-refractivity contribution < 1.29 is 4.74 Å². The maximum atomic E-state index is 5.55. The van der Waals surface area contributed by atoms with E-state index in [1.165, 1.54) is 23.1 Å². The molecule has 22 heavy (non-hydrogen) atoms. The highest BCUT2D eigenvalue weighted by Crippen LogP contribution is 2.32. The van der Waals surface area contributed by atoms with Gasteiger partial charge in [-0.2, -0.15) is 5.10 Å². The van der Waals surface area contributed by atoms with Crippen LogP contribution in [0.5, 0.6) is 5.88 Å². The van der Waals surface area contributed by atoms with Gasteiger partial charge in [0.25, 0.3) is 0 Å². The molecule has 3 rings (SSSR count). The molecule has 4 nitrogen and oxygen atoms in total. The van der Waals surface area contributed by atoms with Crippen LogP contribution in [0.2, 0.25) is 0 Å². The van der Waals surface area contributed by atoms with E-state index in [0.717, 1.165) is 24.5 Å². The monoisotopic (exact) mass is 299 g/mol. The van der Waals surface area contributed by atoms with Gasteiger partial charge in [0, 0.05) is 19.6 Å². The van der Waals surface area contributed by atoms with E-state index in [-0.39, 0.29) is 0 Å². The summed E-state index contributed by atoms with van der Waals surface area (Å²) in [6, 6.07) is 9.16. The number of nitrogens with zero attached hydrogens (tertiary/aromatic N) is 2. The third-order valence-electron chi connectivity index (χ3n) is 4.52. The van der Waals surface area contributed by atoms with Gasteiger partial charge in [-0.1, -0.05) is 38.1 Å². The minimum Gasteiger partial charge on any atom is -0.481 e. The van der Waals surface area contributed by atoms with Crippen molar-refractivity contribution in [3.8, 4) is 5.88 Å². The van der Waals surface area contributed by atoms with Crippen molar-refractivity contribution in [3.63, 3.8) is 0 Å². The third-order valence-corrected chi connectivity index (χ3v) is 4.52. The number of fused-ring (bicyclic) bond motifs is 1. The summed E-state index contributed by atoms with van der Waals surface area (Å²) in [6.45, 7) is 5.15. The predicted molar refractivity (Wildman–Crippen MR) is 88.2 cm³/mol. The fourth-order valence-electron chi connectivity index (χ4n) is 3.45. The summed E-state index contributed by atoms with van der Waals surface area (Å²) in [5.41, 5.74) is 5.22. The van der Waals surface area contributed by atoms with Crippen molar-refractivity contribution >= 4 is 0 Å². The Bertz CT molecular complexity index is 660. The minimum absolute atomic E-state index is 0.391. The van der Waals surface area contributed by atoms with Crippen LogP contribution in [0.4, 0.5) is 0 Å². The lowest BCUT2D eigenvalue weighted by molar-refractivity contribution is 0.366. The first-order valence-electron chi connectivity index (χ1n) is 8.02. The Morgan fingerprint density at radius 3 is 2.86 bits per heavy atom. The fourth-order valence-corrected chi connectivity index (χ4v) is 3.45. The van der Waals surface area contributed by atoms with Crippen LogP contribution in [-0.4, -0.2) is 16.9 Å². The Kier molecular flexibility index (Phi) is 4.21. The largest absolute Gasteiger partial charge is 0.481 e. The van der Waals surface area contributed by atoms with Gasteiger partial charge >= 0.3 is 0 Å². The summed E-state index contributed by atoms with van der Waals surface area (Å²) in [5.74, 6) is 1.25. The molecule has 1 aliphatic carbocycles. The standard InChI is InChI=1S/C18H25N3O/c1-12(2)17-15(18(22-4)21(3)20-17)11-19-16-10-9-13-7-5-6-8-14(13)16/h5-8,12,16,19H,9-11H2,1-4H3/t16-/m1/s1. The predicted octanol–water partition coefficient (Wildman–Crippen LogP) is 3.33. The summed E-state index contributed by atoms with van der Waals surface area (Å²) < 4.78 is 7.39. The van der Waals surface area contributed by atoms with Crippen molar-refractivity contribution in [1.82, 2.24) is 15.1 Å². The van der Waals surface area contributed by atoms with Crippen molar-refractivity contribution in [2.45, 2.75) is 45.2 Å². The maximum absolute atomic E-state index is 5.55. The first-order chi connectivity index (χ1) is 10.6. The maximum Gasteiger partial charge on any atom is 0.216 e. The van der Waals surface area contributed by atoms with Gasteiger partial charge < -0.3 is 10.1 Å². The summed E-state index contributed by atoms with van der Waals surface area (Å²) >= 11 is 0. The van der Waals surface area contributed by atoms with E-state index < -0.39 is 0 Å². The van der Waals surface area contributed by atoms with E-state index >= 15 is 0 Å². The molecule has 0 unspecified atom stereocenters. The topological polar surface area (TPSA) is 39.1 Å². The first kappa shape index (κ1) is 15.1. The molecule has 0 fully saturated rings. The third kappa shape index (κ3) is 2.63. The molecule has 0 spiro atoms. The van der Waals surface area contributed by atoms with Gasteiger partial charge in [0.15, 0.2) is 0 Å². The number of aryl methyl sites for hydroxylation is 2. The summed E-state index contributed by atoms with van der Waals surface area (Å²) in [5, 5.41) is 8.33. The Morgan fingerprint density at radius 2 is 2.14 bits per heavy atom. The molecule has 0 saturated heterocycles. The molecule has 0 aliphatic heterocycles. The van der Waals surface area contributed by atoms with Crippen molar-refractivity contribution in [2.75, 3.05) is 7.11 Å². The highest BCUT2D eigenvalue weighted by molar-refractivity contribution is 5.36. The second-order valence-electron chi connectivity index (χ2n) is 6.32. The SMILES string of the molecule is COc1c(CN[C@@H]2CCc3ccccc32)c(C(C)C)nn1C. The van der Waals surface area contributed by atoms with Crippen molar-refractivity contribution in [3.05, 3.63) is 46.6 Å². The highest BCUT2D eigenvalue weighted by Gasteiger charge is 2.24. The number of benzene rings is 1. The summed E-state index contributed by atoms with van der Waals surface area (Å²) in [4.78, 5) is 0. The van der Waals surface area contributed by atoms with Gasteiger partial charge in [-0.3, -0.25) is 0 Å². The van der Waals surface area contributed by atoms with Gasteiger partial charge in [0.2, 0.25) is 5.88 Å².